The first kappa shape index (κ1) is 14.9. The minimum Gasteiger partial charge on any atom is -0.298 e. The predicted molar refractivity (Wildman–Crippen MR) is 71.6 cm³/mol. The van der Waals surface area contributed by atoms with E-state index in [1.807, 2.05) is 4.90 Å². The minimum absolute atomic E-state index is 0.0850. The average Bonchev–Trinajstić information content (AvgIpc) is 2.69. The van der Waals surface area contributed by atoms with Crippen LogP contribution in [0.25, 0.3) is 0 Å². The van der Waals surface area contributed by atoms with E-state index in [1.165, 1.54) is 6.07 Å². The zero-order valence-corrected chi connectivity index (χ0v) is 11.8. The number of hydrogen-bond donors (Lipinski definition) is 0. The molecule has 2 rings (SSSR count). The molecule has 1 fully saturated rings. The van der Waals surface area contributed by atoms with Crippen molar-refractivity contribution >= 4 is 15.5 Å². The first-order valence-corrected chi connectivity index (χ1v) is 7.94. The molecule has 8 heteroatoms. The molecule has 0 amide bonds. The van der Waals surface area contributed by atoms with E-state index in [0.29, 0.717) is 18.5 Å². The third-order valence-corrected chi connectivity index (χ3v) is 5.22. The number of nitro benzene ring substituents is 1. The van der Waals surface area contributed by atoms with Crippen molar-refractivity contribution in [1.29, 1.82) is 0 Å². The molecule has 0 saturated carbocycles. The molecule has 0 aromatic heterocycles. The maximum Gasteiger partial charge on any atom is 0.304 e. The van der Waals surface area contributed by atoms with Gasteiger partial charge in [-0.1, -0.05) is 6.07 Å². The first-order valence-electron chi connectivity index (χ1n) is 6.12. The van der Waals surface area contributed by atoms with E-state index in [0.717, 1.165) is 12.1 Å². The Balaban J connectivity index is 2.07. The van der Waals surface area contributed by atoms with Crippen molar-refractivity contribution in [1.82, 2.24) is 4.90 Å². The summed E-state index contributed by atoms with van der Waals surface area (Å²) in [6.45, 7) is 0.356. The lowest BCUT2D eigenvalue weighted by atomic mass is 10.1. The summed E-state index contributed by atoms with van der Waals surface area (Å²) in [6.07, 6.45) is 0.564. The quantitative estimate of drug-likeness (QED) is 0.619. The summed E-state index contributed by atoms with van der Waals surface area (Å²) in [4.78, 5) is 11.6. The topological polar surface area (TPSA) is 80.5 Å². The maximum atomic E-state index is 13.5. The summed E-state index contributed by atoms with van der Waals surface area (Å²) < 4.78 is 36.3. The molecule has 6 nitrogen and oxygen atoms in total. The number of nitro groups is 1. The van der Waals surface area contributed by atoms with Crippen LogP contribution in [0.5, 0.6) is 0 Å². The Labute approximate surface area is 116 Å². The Morgan fingerprint density at radius 1 is 1.50 bits per heavy atom. The lowest BCUT2D eigenvalue weighted by Gasteiger charge is -2.22. The maximum absolute atomic E-state index is 13.5. The molecule has 1 aromatic carbocycles. The van der Waals surface area contributed by atoms with Crippen molar-refractivity contribution in [3.63, 3.8) is 0 Å². The SMILES string of the molecule is CN(Cc1ccc([N+](=O)[O-])c(F)c1)C1CCS(=O)(=O)C1. The van der Waals surface area contributed by atoms with Crippen LogP contribution in [0, 0.1) is 15.9 Å². The van der Waals surface area contributed by atoms with Gasteiger partial charge in [0.25, 0.3) is 0 Å². The fraction of sp³-hybridized carbons (Fsp3) is 0.500. The molecule has 0 aliphatic carbocycles. The molecule has 20 heavy (non-hydrogen) atoms. The zero-order valence-electron chi connectivity index (χ0n) is 11.0. The number of halogens is 1. The van der Waals surface area contributed by atoms with Crippen LogP contribution in [0.4, 0.5) is 10.1 Å². The fourth-order valence-electron chi connectivity index (χ4n) is 2.34. The molecule has 1 atom stereocenters. The molecular weight excluding hydrogens is 287 g/mol. The lowest BCUT2D eigenvalue weighted by Crippen LogP contribution is -2.32. The normalized spacial score (nSPS) is 21.2. The monoisotopic (exact) mass is 302 g/mol. The molecule has 1 heterocycles. The van der Waals surface area contributed by atoms with Crippen molar-refractivity contribution in [2.75, 3.05) is 18.6 Å². The third-order valence-electron chi connectivity index (χ3n) is 3.47. The highest BCUT2D eigenvalue weighted by Gasteiger charge is 2.30. The smallest absolute Gasteiger partial charge is 0.298 e. The molecule has 0 bridgehead atoms. The van der Waals surface area contributed by atoms with E-state index < -0.39 is 26.3 Å². The van der Waals surface area contributed by atoms with Gasteiger partial charge in [-0.25, -0.2) is 8.42 Å². The zero-order chi connectivity index (χ0) is 14.9. The van der Waals surface area contributed by atoms with Crippen LogP contribution in [0.15, 0.2) is 18.2 Å². The van der Waals surface area contributed by atoms with Crippen molar-refractivity contribution in [2.24, 2.45) is 0 Å². The van der Waals surface area contributed by atoms with Gasteiger partial charge in [-0.3, -0.25) is 15.0 Å². The second kappa shape index (κ2) is 5.45. The van der Waals surface area contributed by atoms with Crippen molar-refractivity contribution in [3.05, 3.63) is 39.7 Å². The third kappa shape index (κ3) is 3.31. The Kier molecular flexibility index (Phi) is 4.05. The van der Waals surface area contributed by atoms with Gasteiger partial charge in [0.15, 0.2) is 9.84 Å². The highest BCUT2D eigenvalue weighted by Crippen LogP contribution is 2.21. The summed E-state index contributed by atoms with van der Waals surface area (Å²) in [5.74, 6) is -0.588. The average molecular weight is 302 g/mol. The van der Waals surface area contributed by atoms with Crippen LogP contribution in [0.2, 0.25) is 0 Å². The molecule has 0 N–H and O–H groups in total. The van der Waals surface area contributed by atoms with E-state index in [9.17, 15) is 22.9 Å². The van der Waals surface area contributed by atoms with Crippen LogP contribution < -0.4 is 0 Å². The van der Waals surface area contributed by atoms with Gasteiger partial charge >= 0.3 is 5.69 Å². The highest BCUT2D eigenvalue weighted by molar-refractivity contribution is 7.91. The predicted octanol–water partition coefficient (Wildman–Crippen LogP) is 1.35. The van der Waals surface area contributed by atoms with Gasteiger partial charge in [0.2, 0.25) is 5.82 Å². The largest absolute Gasteiger partial charge is 0.304 e. The fourth-order valence-corrected chi connectivity index (χ4v) is 4.14. The van der Waals surface area contributed by atoms with Crippen LogP contribution >= 0.6 is 0 Å². The van der Waals surface area contributed by atoms with Gasteiger partial charge in [0.1, 0.15) is 0 Å². The molecule has 1 aromatic rings. The molecule has 1 aliphatic rings. The second-order valence-corrected chi connectivity index (χ2v) is 7.24. The van der Waals surface area contributed by atoms with E-state index in [2.05, 4.69) is 0 Å². The Morgan fingerprint density at radius 3 is 2.70 bits per heavy atom. The summed E-state index contributed by atoms with van der Waals surface area (Å²) in [6, 6.07) is 3.65. The Bertz CT molecular complexity index is 632. The number of benzene rings is 1. The molecule has 1 aliphatic heterocycles. The highest BCUT2D eigenvalue weighted by atomic mass is 32.2. The number of nitrogens with zero attached hydrogens (tertiary/aromatic N) is 2. The van der Waals surface area contributed by atoms with Crippen LogP contribution in [0.1, 0.15) is 12.0 Å². The van der Waals surface area contributed by atoms with E-state index in [-0.39, 0.29) is 17.5 Å². The van der Waals surface area contributed by atoms with E-state index >= 15 is 0 Å². The van der Waals surface area contributed by atoms with Crippen molar-refractivity contribution < 1.29 is 17.7 Å². The number of sulfone groups is 1. The van der Waals surface area contributed by atoms with Gasteiger partial charge < -0.3 is 0 Å². The molecular formula is C12H15FN2O4S. The van der Waals surface area contributed by atoms with Crippen LogP contribution in [-0.4, -0.2) is 42.8 Å². The molecule has 0 radical (unpaired) electrons. The number of rotatable bonds is 4. The van der Waals surface area contributed by atoms with Crippen LogP contribution in [-0.2, 0) is 16.4 Å². The molecule has 0 spiro atoms. The summed E-state index contributed by atoms with van der Waals surface area (Å²) in [7, 11) is -1.20. The summed E-state index contributed by atoms with van der Waals surface area (Å²) >= 11 is 0. The Hall–Kier alpha value is -1.54. The summed E-state index contributed by atoms with van der Waals surface area (Å²) in [5, 5.41) is 10.5. The minimum atomic E-state index is -2.96. The molecule has 1 saturated heterocycles. The van der Waals surface area contributed by atoms with Gasteiger partial charge in [-0.05, 0) is 25.1 Å². The lowest BCUT2D eigenvalue weighted by molar-refractivity contribution is -0.387. The van der Waals surface area contributed by atoms with Gasteiger partial charge in [0.05, 0.1) is 16.4 Å². The van der Waals surface area contributed by atoms with Crippen LogP contribution in [0.3, 0.4) is 0 Å². The Morgan fingerprint density at radius 2 is 2.20 bits per heavy atom. The first-order chi connectivity index (χ1) is 9.28. The number of hydrogen-bond acceptors (Lipinski definition) is 5. The van der Waals surface area contributed by atoms with E-state index in [4.69, 9.17) is 0 Å². The van der Waals surface area contributed by atoms with E-state index in [1.54, 1.807) is 7.05 Å². The standard InChI is InChI=1S/C12H15FN2O4S/c1-14(10-4-5-20(18,19)8-10)7-9-2-3-12(15(16)17)11(13)6-9/h2-3,6,10H,4-5,7-8H2,1H3. The molecule has 110 valence electrons. The van der Waals surface area contributed by atoms with Gasteiger partial charge in [0, 0.05) is 18.7 Å². The van der Waals surface area contributed by atoms with Crippen molar-refractivity contribution in [2.45, 2.75) is 19.0 Å². The molecule has 1 unspecified atom stereocenters. The van der Waals surface area contributed by atoms with Gasteiger partial charge in [-0.2, -0.15) is 4.39 Å². The second-order valence-electron chi connectivity index (χ2n) is 5.01. The van der Waals surface area contributed by atoms with Crippen molar-refractivity contribution in [3.8, 4) is 0 Å². The van der Waals surface area contributed by atoms with Gasteiger partial charge in [-0.15, -0.1) is 0 Å². The summed E-state index contributed by atoms with van der Waals surface area (Å²) in [5.41, 5.74) is 0.0275.